The Kier molecular flexibility index (Phi) is 3.92. The Morgan fingerprint density at radius 2 is 1.64 bits per heavy atom. The fourth-order valence-corrected chi connectivity index (χ4v) is 2.57. The van der Waals surface area contributed by atoms with Crippen LogP contribution in [-0.4, -0.2) is 15.8 Å². The highest BCUT2D eigenvalue weighted by Gasteiger charge is 2.20. The van der Waals surface area contributed by atoms with E-state index in [4.69, 9.17) is 4.42 Å². The number of allylic oxidation sites excluding steroid dienone is 1. The average Bonchev–Trinajstić information content (AvgIpc) is 3.11. The van der Waals surface area contributed by atoms with E-state index in [-0.39, 0.29) is 5.78 Å². The molecule has 0 aliphatic heterocycles. The van der Waals surface area contributed by atoms with E-state index in [1.54, 1.807) is 24.4 Å². The Balaban J connectivity index is 1.86. The van der Waals surface area contributed by atoms with Gasteiger partial charge < -0.3 is 4.42 Å². The lowest BCUT2D eigenvalue weighted by Crippen LogP contribution is -2.03. The summed E-state index contributed by atoms with van der Waals surface area (Å²) in [6.07, 6.45) is 3.39. The maximum absolute atomic E-state index is 13.0. The maximum Gasteiger partial charge on any atom is 0.231 e. The SMILES string of the molecule is O=C(/C(=C/c1ccccn1)c1nc2ccccc2o1)c1ccccc1. The lowest BCUT2D eigenvalue weighted by molar-refractivity contribution is 0.105. The van der Waals surface area contributed by atoms with Crippen LogP contribution in [0.25, 0.3) is 22.7 Å². The molecule has 0 aliphatic carbocycles. The van der Waals surface area contributed by atoms with Gasteiger partial charge in [0.15, 0.2) is 11.4 Å². The number of hydrogen-bond acceptors (Lipinski definition) is 4. The summed E-state index contributed by atoms with van der Waals surface area (Å²) >= 11 is 0. The van der Waals surface area contributed by atoms with Gasteiger partial charge in [-0.25, -0.2) is 4.98 Å². The van der Waals surface area contributed by atoms with Gasteiger partial charge in [0, 0.05) is 11.8 Å². The second-order valence-electron chi connectivity index (χ2n) is 5.49. The van der Waals surface area contributed by atoms with Crippen molar-refractivity contribution in [3.63, 3.8) is 0 Å². The minimum Gasteiger partial charge on any atom is -0.436 e. The molecule has 0 atom stereocenters. The summed E-state index contributed by atoms with van der Waals surface area (Å²) in [5.41, 5.74) is 2.98. The fourth-order valence-electron chi connectivity index (χ4n) is 2.57. The second kappa shape index (κ2) is 6.53. The Morgan fingerprint density at radius 3 is 2.40 bits per heavy atom. The molecule has 4 nitrogen and oxygen atoms in total. The maximum atomic E-state index is 13.0. The minimum absolute atomic E-state index is 0.155. The van der Waals surface area contributed by atoms with Gasteiger partial charge in [-0.1, -0.05) is 48.5 Å². The van der Waals surface area contributed by atoms with Crippen molar-refractivity contribution >= 4 is 28.5 Å². The van der Waals surface area contributed by atoms with Gasteiger partial charge in [-0.2, -0.15) is 0 Å². The number of carbonyl (C=O) groups is 1. The molecule has 25 heavy (non-hydrogen) atoms. The van der Waals surface area contributed by atoms with Gasteiger partial charge >= 0.3 is 0 Å². The minimum atomic E-state index is -0.155. The van der Waals surface area contributed by atoms with Crippen molar-refractivity contribution in [3.05, 3.63) is 96.1 Å². The molecule has 4 heteroatoms. The number of ketones is 1. The summed E-state index contributed by atoms with van der Waals surface area (Å²) < 4.78 is 5.82. The van der Waals surface area contributed by atoms with Crippen molar-refractivity contribution in [1.82, 2.24) is 9.97 Å². The van der Waals surface area contributed by atoms with E-state index in [0.29, 0.717) is 33.8 Å². The van der Waals surface area contributed by atoms with Crippen LogP contribution in [0.15, 0.2) is 83.4 Å². The number of carbonyl (C=O) groups excluding carboxylic acids is 1. The van der Waals surface area contributed by atoms with E-state index < -0.39 is 0 Å². The summed E-state index contributed by atoms with van der Waals surface area (Å²) in [5, 5.41) is 0. The first-order valence-corrected chi connectivity index (χ1v) is 7.90. The Hall–Kier alpha value is -3.53. The lowest BCUT2D eigenvalue weighted by Gasteiger charge is -2.03. The van der Waals surface area contributed by atoms with Crippen LogP contribution in [0.5, 0.6) is 0 Å². The van der Waals surface area contributed by atoms with Gasteiger partial charge in [-0.3, -0.25) is 9.78 Å². The van der Waals surface area contributed by atoms with E-state index >= 15 is 0 Å². The molecule has 0 amide bonds. The van der Waals surface area contributed by atoms with Crippen LogP contribution in [-0.2, 0) is 0 Å². The number of aromatic nitrogens is 2. The van der Waals surface area contributed by atoms with Crippen LogP contribution in [0.4, 0.5) is 0 Å². The van der Waals surface area contributed by atoms with E-state index in [9.17, 15) is 4.79 Å². The molecule has 4 aromatic rings. The van der Waals surface area contributed by atoms with Crippen molar-refractivity contribution < 1.29 is 9.21 Å². The predicted octanol–water partition coefficient (Wildman–Crippen LogP) is 4.65. The first-order chi connectivity index (χ1) is 12.3. The number of rotatable bonds is 4. The van der Waals surface area contributed by atoms with Crippen molar-refractivity contribution in [2.75, 3.05) is 0 Å². The third-order valence-electron chi connectivity index (χ3n) is 3.78. The summed E-state index contributed by atoms with van der Waals surface area (Å²) in [5.74, 6) is 0.138. The highest BCUT2D eigenvalue weighted by molar-refractivity contribution is 6.31. The second-order valence-corrected chi connectivity index (χ2v) is 5.49. The number of benzene rings is 2. The Morgan fingerprint density at radius 1 is 0.880 bits per heavy atom. The van der Waals surface area contributed by atoms with Crippen molar-refractivity contribution in [1.29, 1.82) is 0 Å². The molecule has 0 bridgehead atoms. The number of pyridine rings is 1. The van der Waals surface area contributed by atoms with E-state index in [1.807, 2.05) is 60.7 Å². The van der Waals surface area contributed by atoms with Gasteiger partial charge in [0.05, 0.1) is 11.3 Å². The number of fused-ring (bicyclic) bond motifs is 1. The van der Waals surface area contributed by atoms with Crippen LogP contribution < -0.4 is 0 Å². The summed E-state index contributed by atoms with van der Waals surface area (Å²) in [6, 6.07) is 22.1. The molecule has 0 N–H and O–H groups in total. The third-order valence-corrected chi connectivity index (χ3v) is 3.78. The number of oxazole rings is 1. The summed E-state index contributed by atoms with van der Waals surface area (Å²) in [7, 11) is 0. The fraction of sp³-hybridized carbons (Fsp3) is 0. The molecule has 4 rings (SSSR count). The van der Waals surface area contributed by atoms with E-state index in [2.05, 4.69) is 9.97 Å². The molecule has 2 aromatic carbocycles. The summed E-state index contributed by atoms with van der Waals surface area (Å²) in [6.45, 7) is 0. The van der Waals surface area contributed by atoms with Gasteiger partial charge in [-0.05, 0) is 30.3 Å². The number of para-hydroxylation sites is 2. The molecule has 0 spiro atoms. The largest absolute Gasteiger partial charge is 0.436 e. The molecule has 2 heterocycles. The summed E-state index contributed by atoms with van der Waals surface area (Å²) in [4.78, 5) is 21.8. The van der Waals surface area contributed by atoms with Crippen LogP contribution in [0.1, 0.15) is 21.9 Å². The lowest BCUT2D eigenvalue weighted by atomic mass is 10.0. The van der Waals surface area contributed by atoms with Gasteiger partial charge in [0.25, 0.3) is 0 Å². The highest BCUT2D eigenvalue weighted by atomic mass is 16.3. The average molecular weight is 326 g/mol. The Labute approximate surface area is 144 Å². The standard InChI is InChI=1S/C21H14N2O2/c24-20(15-8-2-1-3-9-15)17(14-16-10-6-7-13-22-16)21-23-18-11-4-5-12-19(18)25-21/h1-14H/b17-14-. The monoisotopic (exact) mass is 326 g/mol. The zero-order chi connectivity index (χ0) is 17.1. The number of hydrogen-bond donors (Lipinski definition) is 0. The van der Waals surface area contributed by atoms with E-state index in [0.717, 1.165) is 0 Å². The highest BCUT2D eigenvalue weighted by Crippen LogP contribution is 2.25. The van der Waals surface area contributed by atoms with Crippen molar-refractivity contribution in [3.8, 4) is 0 Å². The predicted molar refractivity (Wildman–Crippen MR) is 96.9 cm³/mol. The Bertz CT molecular complexity index is 1020. The smallest absolute Gasteiger partial charge is 0.231 e. The van der Waals surface area contributed by atoms with Crippen LogP contribution in [0, 0.1) is 0 Å². The van der Waals surface area contributed by atoms with Gasteiger partial charge in [0.2, 0.25) is 5.89 Å². The first kappa shape index (κ1) is 15.0. The molecular weight excluding hydrogens is 312 g/mol. The molecule has 0 saturated heterocycles. The topological polar surface area (TPSA) is 56.0 Å². The van der Waals surface area contributed by atoms with Gasteiger partial charge in [-0.15, -0.1) is 0 Å². The molecule has 0 unspecified atom stereocenters. The third kappa shape index (κ3) is 3.10. The first-order valence-electron chi connectivity index (χ1n) is 7.90. The molecule has 2 aromatic heterocycles. The van der Waals surface area contributed by atoms with Gasteiger partial charge in [0.1, 0.15) is 5.52 Å². The molecular formula is C21H14N2O2. The van der Waals surface area contributed by atoms with Crippen LogP contribution in [0.2, 0.25) is 0 Å². The zero-order valence-electron chi connectivity index (χ0n) is 13.3. The molecule has 0 saturated carbocycles. The number of Topliss-reactive ketones (excluding diaryl/α,β-unsaturated/α-hetero) is 1. The molecule has 0 fully saturated rings. The molecule has 120 valence electrons. The van der Waals surface area contributed by atoms with E-state index in [1.165, 1.54) is 0 Å². The molecule has 0 aliphatic rings. The van der Waals surface area contributed by atoms with Crippen LogP contribution >= 0.6 is 0 Å². The number of nitrogens with zero attached hydrogens (tertiary/aromatic N) is 2. The molecule has 0 radical (unpaired) electrons. The van der Waals surface area contributed by atoms with Crippen LogP contribution in [0.3, 0.4) is 0 Å². The normalized spacial score (nSPS) is 11.6. The zero-order valence-corrected chi connectivity index (χ0v) is 13.3. The van der Waals surface area contributed by atoms with Crippen molar-refractivity contribution in [2.45, 2.75) is 0 Å². The quantitative estimate of drug-likeness (QED) is 0.405. The van der Waals surface area contributed by atoms with Crippen molar-refractivity contribution in [2.24, 2.45) is 0 Å².